The number of para-hydroxylation sites is 1. The number of benzene rings is 1. The molecule has 2 rings (SSSR count). The maximum Gasteiger partial charge on any atom is 0.133 e. The molecule has 0 radical (unpaired) electrons. The van der Waals surface area contributed by atoms with Gasteiger partial charge in [-0.05, 0) is 44.7 Å². The molecule has 100 valence electrons. The van der Waals surface area contributed by atoms with Crippen LogP contribution in [0, 0.1) is 6.92 Å². The SMILES string of the molecule is CCN(c1ccccc1)c1ccc(CNC)c(C)n1. The fraction of sp³-hybridized carbons (Fsp3) is 0.312. The molecule has 1 aromatic heterocycles. The lowest BCUT2D eigenvalue weighted by molar-refractivity contribution is 0.803. The molecule has 0 saturated heterocycles. The monoisotopic (exact) mass is 255 g/mol. The number of nitrogens with zero attached hydrogens (tertiary/aromatic N) is 2. The predicted octanol–water partition coefficient (Wildman–Crippen LogP) is 3.27. The fourth-order valence-corrected chi connectivity index (χ4v) is 2.19. The molecular formula is C16H21N3. The molecule has 0 aliphatic heterocycles. The van der Waals surface area contributed by atoms with Gasteiger partial charge in [0.25, 0.3) is 0 Å². The van der Waals surface area contributed by atoms with Gasteiger partial charge < -0.3 is 10.2 Å². The molecular weight excluding hydrogens is 234 g/mol. The van der Waals surface area contributed by atoms with Crippen molar-refractivity contribution < 1.29 is 0 Å². The summed E-state index contributed by atoms with van der Waals surface area (Å²) < 4.78 is 0. The number of hydrogen-bond donors (Lipinski definition) is 1. The molecule has 0 aliphatic rings. The Morgan fingerprint density at radius 2 is 1.84 bits per heavy atom. The molecule has 0 fully saturated rings. The van der Waals surface area contributed by atoms with E-state index in [1.807, 2.05) is 13.1 Å². The molecule has 3 heteroatoms. The number of pyridine rings is 1. The van der Waals surface area contributed by atoms with Crippen LogP contribution in [0.15, 0.2) is 42.5 Å². The quantitative estimate of drug-likeness (QED) is 0.888. The lowest BCUT2D eigenvalue weighted by Crippen LogP contribution is -2.18. The largest absolute Gasteiger partial charge is 0.327 e. The smallest absolute Gasteiger partial charge is 0.133 e. The summed E-state index contributed by atoms with van der Waals surface area (Å²) in [6.07, 6.45) is 0. The Bertz CT molecular complexity index is 523. The zero-order chi connectivity index (χ0) is 13.7. The minimum Gasteiger partial charge on any atom is -0.327 e. The van der Waals surface area contributed by atoms with E-state index in [0.717, 1.165) is 24.6 Å². The van der Waals surface area contributed by atoms with Gasteiger partial charge in [0.05, 0.1) is 0 Å². The number of anilines is 2. The zero-order valence-corrected chi connectivity index (χ0v) is 11.9. The first-order chi connectivity index (χ1) is 9.26. The molecule has 0 bridgehead atoms. The standard InChI is InChI=1S/C16H21N3/c1-4-19(15-8-6-5-7-9-15)16-11-10-14(12-17-3)13(2)18-16/h5-11,17H,4,12H2,1-3H3. The molecule has 1 aromatic carbocycles. The summed E-state index contributed by atoms with van der Waals surface area (Å²) >= 11 is 0. The van der Waals surface area contributed by atoms with Gasteiger partial charge in [0.15, 0.2) is 0 Å². The van der Waals surface area contributed by atoms with E-state index in [0.29, 0.717) is 0 Å². The van der Waals surface area contributed by atoms with Crippen LogP contribution in [0.3, 0.4) is 0 Å². The van der Waals surface area contributed by atoms with Crippen molar-refractivity contribution in [2.45, 2.75) is 20.4 Å². The summed E-state index contributed by atoms with van der Waals surface area (Å²) in [5.74, 6) is 1.01. The number of aromatic nitrogens is 1. The molecule has 0 amide bonds. The molecule has 1 heterocycles. The van der Waals surface area contributed by atoms with Crippen LogP contribution in [0.4, 0.5) is 11.5 Å². The van der Waals surface area contributed by atoms with E-state index in [2.05, 4.69) is 60.5 Å². The van der Waals surface area contributed by atoms with Gasteiger partial charge in [-0.3, -0.25) is 0 Å². The fourth-order valence-electron chi connectivity index (χ4n) is 2.19. The molecule has 0 unspecified atom stereocenters. The van der Waals surface area contributed by atoms with E-state index in [1.165, 1.54) is 11.3 Å². The third-order valence-electron chi connectivity index (χ3n) is 3.21. The van der Waals surface area contributed by atoms with Gasteiger partial charge in [0.1, 0.15) is 5.82 Å². The third-order valence-corrected chi connectivity index (χ3v) is 3.21. The zero-order valence-electron chi connectivity index (χ0n) is 11.9. The molecule has 3 nitrogen and oxygen atoms in total. The van der Waals surface area contributed by atoms with Crippen molar-refractivity contribution in [3.63, 3.8) is 0 Å². The van der Waals surface area contributed by atoms with Crippen LogP contribution in [0.5, 0.6) is 0 Å². The highest BCUT2D eigenvalue weighted by Crippen LogP contribution is 2.23. The highest BCUT2D eigenvalue weighted by Gasteiger charge is 2.09. The molecule has 2 aromatic rings. The topological polar surface area (TPSA) is 28.2 Å². The number of rotatable bonds is 5. The molecule has 0 aliphatic carbocycles. The number of nitrogens with one attached hydrogen (secondary N) is 1. The van der Waals surface area contributed by atoms with E-state index < -0.39 is 0 Å². The Hall–Kier alpha value is -1.87. The summed E-state index contributed by atoms with van der Waals surface area (Å²) in [7, 11) is 1.95. The maximum atomic E-state index is 4.73. The molecule has 0 atom stereocenters. The van der Waals surface area contributed by atoms with E-state index in [1.54, 1.807) is 0 Å². The van der Waals surface area contributed by atoms with Crippen LogP contribution in [0.1, 0.15) is 18.2 Å². The van der Waals surface area contributed by atoms with Crippen molar-refractivity contribution in [3.05, 3.63) is 53.7 Å². The van der Waals surface area contributed by atoms with E-state index in [9.17, 15) is 0 Å². The average Bonchev–Trinajstić information content (AvgIpc) is 2.44. The van der Waals surface area contributed by atoms with Gasteiger partial charge in [-0.2, -0.15) is 0 Å². The van der Waals surface area contributed by atoms with Gasteiger partial charge >= 0.3 is 0 Å². The van der Waals surface area contributed by atoms with Crippen molar-refractivity contribution in [2.24, 2.45) is 0 Å². The minimum atomic E-state index is 0.858. The maximum absolute atomic E-state index is 4.73. The third kappa shape index (κ3) is 3.12. The van der Waals surface area contributed by atoms with Crippen LogP contribution in [-0.2, 0) is 6.54 Å². The van der Waals surface area contributed by atoms with Crippen molar-refractivity contribution >= 4 is 11.5 Å². The van der Waals surface area contributed by atoms with Crippen LogP contribution in [0.25, 0.3) is 0 Å². The van der Waals surface area contributed by atoms with Crippen LogP contribution in [0.2, 0.25) is 0 Å². The van der Waals surface area contributed by atoms with E-state index >= 15 is 0 Å². The summed E-state index contributed by atoms with van der Waals surface area (Å²) in [5, 5.41) is 3.17. The first-order valence-corrected chi connectivity index (χ1v) is 6.70. The Morgan fingerprint density at radius 3 is 2.42 bits per heavy atom. The van der Waals surface area contributed by atoms with Gasteiger partial charge in [0.2, 0.25) is 0 Å². The van der Waals surface area contributed by atoms with Crippen LogP contribution >= 0.6 is 0 Å². The van der Waals surface area contributed by atoms with Crippen molar-refractivity contribution in [2.75, 3.05) is 18.5 Å². The van der Waals surface area contributed by atoms with Crippen molar-refractivity contribution in [1.82, 2.24) is 10.3 Å². The molecule has 1 N–H and O–H groups in total. The Morgan fingerprint density at radius 1 is 1.11 bits per heavy atom. The predicted molar refractivity (Wildman–Crippen MR) is 80.9 cm³/mol. The first kappa shape index (κ1) is 13.6. The second kappa shape index (κ2) is 6.34. The van der Waals surface area contributed by atoms with E-state index in [-0.39, 0.29) is 0 Å². The Kier molecular flexibility index (Phi) is 4.53. The van der Waals surface area contributed by atoms with Gasteiger partial charge in [0, 0.05) is 24.5 Å². The van der Waals surface area contributed by atoms with Gasteiger partial charge in [-0.25, -0.2) is 4.98 Å². The first-order valence-electron chi connectivity index (χ1n) is 6.70. The highest BCUT2D eigenvalue weighted by molar-refractivity contribution is 5.60. The molecule has 0 saturated carbocycles. The summed E-state index contributed by atoms with van der Waals surface area (Å²) in [6, 6.07) is 14.6. The molecule has 19 heavy (non-hydrogen) atoms. The number of hydrogen-bond acceptors (Lipinski definition) is 3. The average molecular weight is 255 g/mol. The second-order valence-corrected chi connectivity index (χ2v) is 4.52. The second-order valence-electron chi connectivity index (χ2n) is 4.52. The van der Waals surface area contributed by atoms with Crippen LogP contribution in [-0.4, -0.2) is 18.6 Å². The van der Waals surface area contributed by atoms with Gasteiger partial charge in [-0.15, -0.1) is 0 Å². The summed E-state index contributed by atoms with van der Waals surface area (Å²) in [5.41, 5.74) is 3.51. The minimum absolute atomic E-state index is 0.858. The Labute approximate surface area is 115 Å². The lowest BCUT2D eigenvalue weighted by atomic mass is 10.2. The Balaban J connectivity index is 2.32. The lowest BCUT2D eigenvalue weighted by Gasteiger charge is -2.23. The van der Waals surface area contributed by atoms with Crippen molar-refractivity contribution in [1.29, 1.82) is 0 Å². The number of aryl methyl sites for hydroxylation is 1. The molecule has 0 spiro atoms. The summed E-state index contributed by atoms with van der Waals surface area (Å²) in [6.45, 7) is 5.97. The normalized spacial score (nSPS) is 10.5. The summed E-state index contributed by atoms with van der Waals surface area (Å²) in [4.78, 5) is 6.94. The van der Waals surface area contributed by atoms with E-state index in [4.69, 9.17) is 4.98 Å². The highest BCUT2D eigenvalue weighted by atomic mass is 15.2. The van der Waals surface area contributed by atoms with Crippen molar-refractivity contribution in [3.8, 4) is 0 Å². The van der Waals surface area contributed by atoms with Gasteiger partial charge in [-0.1, -0.05) is 24.3 Å². The van der Waals surface area contributed by atoms with Crippen LogP contribution < -0.4 is 10.2 Å².